The smallest absolute Gasteiger partial charge is 0.314 e. The molecule has 0 bridgehead atoms. The van der Waals surface area contributed by atoms with Crippen LogP contribution < -0.4 is 0 Å². The number of carbonyl (C=O) groups excluding carboxylic acids is 2. The van der Waals surface area contributed by atoms with E-state index in [2.05, 4.69) is 0 Å². The molecule has 2 aromatic carbocycles. The summed E-state index contributed by atoms with van der Waals surface area (Å²) < 4.78 is 18.0. The SMILES string of the molecule is CC(C)(C(=O)OCc1ccccc1)[C@H]1CCC[C@@H](C[C@@H](CC=O)OCc2ccccc2)O1. The highest BCUT2D eigenvalue weighted by Gasteiger charge is 2.42. The van der Waals surface area contributed by atoms with Crippen LogP contribution in [-0.2, 0) is 37.0 Å². The molecule has 172 valence electrons. The second-order valence-corrected chi connectivity index (χ2v) is 9.02. The lowest BCUT2D eigenvalue weighted by molar-refractivity contribution is -0.175. The number of rotatable bonds is 11. The van der Waals surface area contributed by atoms with E-state index < -0.39 is 5.41 Å². The van der Waals surface area contributed by atoms with Crippen molar-refractivity contribution in [3.63, 3.8) is 0 Å². The van der Waals surface area contributed by atoms with Crippen LogP contribution in [0.1, 0.15) is 57.1 Å². The molecule has 5 heteroatoms. The van der Waals surface area contributed by atoms with Gasteiger partial charge in [-0.05, 0) is 44.2 Å². The lowest BCUT2D eigenvalue weighted by Crippen LogP contribution is -2.45. The highest BCUT2D eigenvalue weighted by atomic mass is 16.5. The fourth-order valence-electron chi connectivity index (χ4n) is 4.07. The number of hydrogen-bond acceptors (Lipinski definition) is 5. The number of carbonyl (C=O) groups is 2. The predicted molar refractivity (Wildman–Crippen MR) is 123 cm³/mol. The van der Waals surface area contributed by atoms with Crippen molar-refractivity contribution >= 4 is 12.3 Å². The van der Waals surface area contributed by atoms with Crippen molar-refractivity contribution in [1.82, 2.24) is 0 Å². The Morgan fingerprint density at radius 2 is 1.66 bits per heavy atom. The summed E-state index contributed by atoms with van der Waals surface area (Å²) in [7, 11) is 0. The third-order valence-electron chi connectivity index (χ3n) is 6.11. The Labute approximate surface area is 191 Å². The molecule has 1 saturated heterocycles. The minimum atomic E-state index is -0.751. The molecule has 3 rings (SSSR count). The van der Waals surface area contributed by atoms with Crippen LogP contribution in [0.25, 0.3) is 0 Å². The highest BCUT2D eigenvalue weighted by Crippen LogP contribution is 2.35. The Bertz CT molecular complexity index is 834. The average molecular weight is 439 g/mol. The second-order valence-electron chi connectivity index (χ2n) is 9.02. The van der Waals surface area contributed by atoms with Gasteiger partial charge in [0.25, 0.3) is 0 Å². The van der Waals surface area contributed by atoms with Gasteiger partial charge in [0.15, 0.2) is 0 Å². The molecule has 1 heterocycles. The van der Waals surface area contributed by atoms with Crippen LogP contribution in [0.15, 0.2) is 60.7 Å². The Balaban J connectivity index is 1.53. The van der Waals surface area contributed by atoms with Gasteiger partial charge in [0.2, 0.25) is 0 Å². The summed E-state index contributed by atoms with van der Waals surface area (Å²) in [6.45, 7) is 4.51. The van der Waals surface area contributed by atoms with E-state index in [1.807, 2.05) is 74.5 Å². The van der Waals surface area contributed by atoms with Crippen molar-refractivity contribution in [2.75, 3.05) is 0 Å². The van der Waals surface area contributed by atoms with Gasteiger partial charge in [-0.1, -0.05) is 60.7 Å². The quantitative estimate of drug-likeness (QED) is 0.354. The standard InChI is InChI=1S/C27H34O5/c1-27(2,26(29)31-20-22-12-7-4-8-13-22)25-15-9-14-24(32-25)18-23(16-17-28)30-19-21-10-5-3-6-11-21/h3-8,10-13,17,23-25H,9,14-16,18-20H2,1-2H3/t23-,24+,25-/m1/s1. The number of hydrogen-bond donors (Lipinski definition) is 0. The van der Waals surface area contributed by atoms with Crippen LogP contribution in [0.2, 0.25) is 0 Å². The van der Waals surface area contributed by atoms with E-state index in [1.165, 1.54) is 0 Å². The molecular formula is C27H34O5. The first kappa shape index (κ1) is 24.1. The van der Waals surface area contributed by atoms with Crippen LogP contribution in [0.4, 0.5) is 0 Å². The maximum atomic E-state index is 12.9. The first-order valence-electron chi connectivity index (χ1n) is 11.4. The van der Waals surface area contributed by atoms with Gasteiger partial charge in [-0.15, -0.1) is 0 Å². The number of ether oxygens (including phenoxy) is 3. The van der Waals surface area contributed by atoms with Crippen LogP contribution in [-0.4, -0.2) is 30.6 Å². The monoisotopic (exact) mass is 438 g/mol. The van der Waals surface area contributed by atoms with Gasteiger partial charge in [-0.3, -0.25) is 4.79 Å². The first-order valence-corrected chi connectivity index (χ1v) is 11.4. The largest absolute Gasteiger partial charge is 0.460 e. The van der Waals surface area contributed by atoms with Gasteiger partial charge in [0.1, 0.15) is 12.9 Å². The second kappa shape index (κ2) is 11.9. The topological polar surface area (TPSA) is 61.8 Å². The zero-order valence-corrected chi connectivity index (χ0v) is 19.1. The maximum absolute atomic E-state index is 12.9. The van der Waals surface area contributed by atoms with Crippen LogP contribution in [0.5, 0.6) is 0 Å². The van der Waals surface area contributed by atoms with Gasteiger partial charge in [0.05, 0.1) is 30.3 Å². The normalized spacial score (nSPS) is 19.8. The average Bonchev–Trinajstić information content (AvgIpc) is 2.82. The molecule has 0 aromatic heterocycles. The van der Waals surface area contributed by atoms with E-state index in [0.717, 1.165) is 36.7 Å². The zero-order chi connectivity index (χ0) is 22.8. The Morgan fingerprint density at radius 1 is 1.03 bits per heavy atom. The molecule has 0 N–H and O–H groups in total. The Morgan fingerprint density at radius 3 is 2.28 bits per heavy atom. The lowest BCUT2D eigenvalue weighted by Gasteiger charge is -2.39. The summed E-state index contributed by atoms with van der Waals surface area (Å²) in [5, 5.41) is 0. The predicted octanol–water partition coefficient (Wildman–Crippen LogP) is 5.26. The summed E-state index contributed by atoms with van der Waals surface area (Å²) >= 11 is 0. The number of benzene rings is 2. The number of aldehydes is 1. The van der Waals surface area contributed by atoms with E-state index in [1.54, 1.807) is 0 Å². The minimum Gasteiger partial charge on any atom is -0.460 e. The fraction of sp³-hybridized carbons (Fsp3) is 0.481. The Kier molecular flexibility index (Phi) is 9.00. The van der Waals surface area contributed by atoms with E-state index in [9.17, 15) is 9.59 Å². The molecular weight excluding hydrogens is 404 g/mol. The van der Waals surface area contributed by atoms with Crippen molar-refractivity contribution in [2.45, 2.75) is 77.5 Å². The molecule has 0 spiro atoms. The van der Waals surface area contributed by atoms with Gasteiger partial charge < -0.3 is 19.0 Å². The molecule has 0 unspecified atom stereocenters. The maximum Gasteiger partial charge on any atom is 0.314 e. The first-order chi connectivity index (χ1) is 15.5. The summed E-state index contributed by atoms with van der Waals surface area (Å²) in [5.74, 6) is -0.253. The van der Waals surface area contributed by atoms with Crippen molar-refractivity contribution in [2.24, 2.45) is 5.41 Å². The van der Waals surface area contributed by atoms with Crippen LogP contribution in [0, 0.1) is 5.41 Å². The fourth-order valence-corrected chi connectivity index (χ4v) is 4.07. The molecule has 2 aromatic rings. The summed E-state index contributed by atoms with van der Waals surface area (Å²) in [6.07, 6.45) is 4.08. The molecule has 1 aliphatic heterocycles. The van der Waals surface area contributed by atoms with Crippen molar-refractivity contribution in [1.29, 1.82) is 0 Å². The van der Waals surface area contributed by atoms with Gasteiger partial charge >= 0.3 is 5.97 Å². The van der Waals surface area contributed by atoms with Gasteiger partial charge in [0, 0.05) is 12.8 Å². The van der Waals surface area contributed by atoms with Crippen LogP contribution in [0.3, 0.4) is 0 Å². The van der Waals surface area contributed by atoms with E-state index in [0.29, 0.717) is 19.4 Å². The molecule has 5 nitrogen and oxygen atoms in total. The summed E-state index contributed by atoms with van der Waals surface area (Å²) in [4.78, 5) is 24.0. The molecule has 0 amide bonds. The number of esters is 1. The Hall–Kier alpha value is -2.50. The molecule has 0 radical (unpaired) electrons. The molecule has 0 saturated carbocycles. The van der Waals surface area contributed by atoms with Gasteiger partial charge in [-0.25, -0.2) is 0 Å². The van der Waals surface area contributed by atoms with Crippen molar-refractivity contribution in [3.05, 3.63) is 71.8 Å². The molecule has 1 aliphatic rings. The molecule has 0 aliphatic carbocycles. The molecule has 1 fully saturated rings. The molecule has 32 heavy (non-hydrogen) atoms. The highest BCUT2D eigenvalue weighted by molar-refractivity contribution is 5.76. The van der Waals surface area contributed by atoms with Gasteiger partial charge in [-0.2, -0.15) is 0 Å². The zero-order valence-electron chi connectivity index (χ0n) is 19.1. The summed E-state index contributed by atoms with van der Waals surface area (Å²) in [6, 6.07) is 19.6. The molecule has 3 atom stereocenters. The van der Waals surface area contributed by atoms with Crippen LogP contribution >= 0.6 is 0 Å². The third kappa shape index (κ3) is 7.01. The lowest BCUT2D eigenvalue weighted by atomic mass is 9.81. The van der Waals surface area contributed by atoms with Crippen molar-refractivity contribution < 1.29 is 23.8 Å². The minimum absolute atomic E-state index is 0.0457. The summed E-state index contributed by atoms with van der Waals surface area (Å²) in [5.41, 5.74) is 1.29. The third-order valence-corrected chi connectivity index (χ3v) is 6.11. The van der Waals surface area contributed by atoms with E-state index in [-0.39, 0.29) is 30.9 Å². The van der Waals surface area contributed by atoms with E-state index in [4.69, 9.17) is 14.2 Å². The van der Waals surface area contributed by atoms with E-state index >= 15 is 0 Å². The van der Waals surface area contributed by atoms with Crippen molar-refractivity contribution in [3.8, 4) is 0 Å².